The smallest absolute Gasteiger partial charge is 0.326 e. The summed E-state index contributed by atoms with van der Waals surface area (Å²) in [6, 6.07) is -0.280. The van der Waals surface area contributed by atoms with Gasteiger partial charge in [-0.3, -0.25) is 4.79 Å². The van der Waals surface area contributed by atoms with Crippen molar-refractivity contribution in [2.45, 2.75) is 38.8 Å². The summed E-state index contributed by atoms with van der Waals surface area (Å²) in [4.78, 5) is 35.4. The zero-order valence-corrected chi connectivity index (χ0v) is 11.8. The van der Waals surface area contributed by atoms with Crippen LogP contribution in [0, 0.1) is 11.3 Å². The Hall–Kier alpha value is -2.30. The van der Waals surface area contributed by atoms with Gasteiger partial charge in [-0.05, 0) is 13.8 Å². The van der Waals surface area contributed by atoms with Crippen molar-refractivity contribution in [2.75, 3.05) is 13.7 Å². The van der Waals surface area contributed by atoms with Crippen LogP contribution in [0.4, 0.5) is 4.79 Å². The van der Waals surface area contributed by atoms with E-state index in [4.69, 9.17) is 10.4 Å². The lowest BCUT2D eigenvalue weighted by Crippen LogP contribution is -2.51. The van der Waals surface area contributed by atoms with Gasteiger partial charge in [0, 0.05) is 12.6 Å². The van der Waals surface area contributed by atoms with Crippen molar-refractivity contribution in [2.24, 2.45) is 0 Å². The molecule has 2 amide bonds. The predicted molar refractivity (Wildman–Crippen MR) is 68.7 cm³/mol. The average molecular weight is 285 g/mol. The number of nitrogens with one attached hydrogen (secondary N) is 1. The lowest BCUT2D eigenvalue weighted by Gasteiger charge is -2.27. The minimum absolute atomic E-state index is 0.139. The molecule has 0 fully saturated rings. The van der Waals surface area contributed by atoms with Gasteiger partial charge in [-0.1, -0.05) is 0 Å². The second-order valence-corrected chi connectivity index (χ2v) is 4.32. The molecule has 20 heavy (non-hydrogen) atoms. The van der Waals surface area contributed by atoms with Crippen LogP contribution in [0.15, 0.2) is 0 Å². The van der Waals surface area contributed by atoms with Crippen LogP contribution in [0.5, 0.6) is 0 Å². The van der Waals surface area contributed by atoms with Crippen molar-refractivity contribution >= 4 is 18.0 Å². The maximum absolute atomic E-state index is 12.0. The Bertz CT molecular complexity index is 402. The monoisotopic (exact) mass is 285 g/mol. The van der Waals surface area contributed by atoms with Crippen molar-refractivity contribution < 1.29 is 24.2 Å². The number of ether oxygens (including phenoxy) is 1. The van der Waals surface area contributed by atoms with E-state index in [2.05, 4.69) is 10.1 Å². The lowest BCUT2D eigenvalue weighted by atomic mass is 10.2. The number of amides is 2. The molecule has 0 rings (SSSR count). The molecule has 0 spiro atoms. The second kappa shape index (κ2) is 8.74. The second-order valence-electron chi connectivity index (χ2n) is 4.32. The highest BCUT2D eigenvalue weighted by Gasteiger charge is 2.26. The molecule has 0 saturated heterocycles. The SMILES string of the molecule is COC(=O)C[C@H](NC(=O)N(CCC#N)C(C)C)C(=O)O. The number of aliphatic carboxylic acids is 1. The number of rotatable bonds is 7. The number of hydrogen-bond donors (Lipinski definition) is 2. The molecule has 0 radical (unpaired) electrons. The molecule has 8 nitrogen and oxygen atoms in total. The van der Waals surface area contributed by atoms with E-state index in [1.165, 1.54) is 4.90 Å². The molecule has 1 atom stereocenters. The molecule has 0 aliphatic rings. The molecule has 0 heterocycles. The lowest BCUT2D eigenvalue weighted by molar-refractivity contribution is -0.147. The fraction of sp³-hybridized carbons (Fsp3) is 0.667. The summed E-state index contributed by atoms with van der Waals surface area (Å²) in [7, 11) is 1.14. The maximum Gasteiger partial charge on any atom is 0.326 e. The molecule has 112 valence electrons. The fourth-order valence-electron chi connectivity index (χ4n) is 1.45. The first kappa shape index (κ1) is 17.7. The molecule has 0 aliphatic carbocycles. The molecule has 8 heteroatoms. The number of methoxy groups -OCH3 is 1. The largest absolute Gasteiger partial charge is 0.480 e. The minimum Gasteiger partial charge on any atom is -0.480 e. The molecule has 0 bridgehead atoms. The van der Waals surface area contributed by atoms with E-state index in [0.29, 0.717) is 0 Å². The number of carboxylic acids is 1. The highest BCUT2D eigenvalue weighted by Crippen LogP contribution is 2.03. The number of nitriles is 1. The third kappa shape index (κ3) is 6.04. The van der Waals surface area contributed by atoms with Crippen LogP contribution in [0.1, 0.15) is 26.7 Å². The summed E-state index contributed by atoms with van der Waals surface area (Å²) in [6.45, 7) is 3.67. The van der Waals surface area contributed by atoms with Crippen molar-refractivity contribution in [1.29, 1.82) is 5.26 Å². The highest BCUT2D eigenvalue weighted by atomic mass is 16.5. The van der Waals surface area contributed by atoms with Gasteiger partial charge in [-0.15, -0.1) is 0 Å². The topological polar surface area (TPSA) is 120 Å². The maximum atomic E-state index is 12.0. The minimum atomic E-state index is -1.36. The first-order valence-electron chi connectivity index (χ1n) is 6.07. The van der Waals surface area contributed by atoms with Gasteiger partial charge in [0.05, 0.1) is 26.0 Å². The zero-order chi connectivity index (χ0) is 15.7. The van der Waals surface area contributed by atoms with E-state index in [1.54, 1.807) is 13.8 Å². The van der Waals surface area contributed by atoms with Gasteiger partial charge >= 0.3 is 18.0 Å². The normalized spacial score (nSPS) is 11.3. The van der Waals surface area contributed by atoms with Gasteiger partial charge in [-0.2, -0.15) is 5.26 Å². The van der Waals surface area contributed by atoms with Crippen LogP contribution < -0.4 is 5.32 Å². The molecule has 0 unspecified atom stereocenters. The molecule has 0 aromatic carbocycles. The van der Waals surface area contributed by atoms with Gasteiger partial charge < -0.3 is 20.1 Å². The van der Waals surface area contributed by atoms with Crippen LogP contribution in [-0.4, -0.2) is 53.7 Å². The van der Waals surface area contributed by atoms with Crippen LogP contribution in [0.3, 0.4) is 0 Å². The molecule has 0 aromatic heterocycles. The number of urea groups is 1. The van der Waals surface area contributed by atoms with Gasteiger partial charge in [0.2, 0.25) is 0 Å². The number of hydrogen-bond acceptors (Lipinski definition) is 5. The van der Waals surface area contributed by atoms with E-state index in [-0.39, 0.29) is 19.0 Å². The van der Waals surface area contributed by atoms with E-state index in [1.807, 2.05) is 6.07 Å². The standard InChI is InChI=1S/C12H19N3O5/c1-8(2)15(6-4-5-13)12(19)14-9(11(17)18)7-10(16)20-3/h8-9H,4,6-7H2,1-3H3,(H,14,19)(H,17,18)/t9-/m0/s1. The number of carbonyl (C=O) groups excluding carboxylic acids is 2. The first-order chi connectivity index (χ1) is 9.33. The molecule has 0 aromatic rings. The summed E-state index contributed by atoms with van der Waals surface area (Å²) >= 11 is 0. The fourth-order valence-corrected chi connectivity index (χ4v) is 1.45. The average Bonchev–Trinajstić information content (AvgIpc) is 2.37. The first-order valence-corrected chi connectivity index (χ1v) is 6.07. The summed E-state index contributed by atoms with van der Waals surface area (Å²) in [5.74, 6) is -2.06. The molecular weight excluding hydrogens is 266 g/mol. The third-order valence-electron chi connectivity index (χ3n) is 2.54. The summed E-state index contributed by atoms with van der Waals surface area (Å²) in [6.07, 6.45) is -0.317. The molecule has 2 N–H and O–H groups in total. The van der Waals surface area contributed by atoms with Gasteiger partial charge in [0.15, 0.2) is 0 Å². The molecular formula is C12H19N3O5. The Morgan fingerprint density at radius 3 is 2.40 bits per heavy atom. The Morgan fingerprint density at radius 1 is 1.40 bits per heavy atom. The van der Waals surface area contributed by atoms with Gasteiger partial charge in [-0.25, -0.2) is 9.59 Å². The van der Waals surface area contributed by atoms with E-state index < -0.39 is 30.4 Å². The van der Waals surface area contributed by atoms with E-state index >= 15 is 0 Å². The van der Waals surface area contributed by atoms with E-state index in [0.717, 1.165) is 7.11 Å². The van der Waals surface area contributed by atoms with Crippen molar-refractivity contribution in [3.8, 4) is 6.07 Å². The summed E-state index contributed by atoms with van der Waals surface area (Å²) in [5.41, 5.74) is 0. The number of nitrogens with zero attached hydrogens (tertiary/aromatic N) is 2. The number of carboxylic acid groups (broad SMARTS) is 1. The number of carbonyl (C=O) groups is 3. The van der Waals surface area contributed by atoms with Crippen LogP contribution in [0.2, 0.25) is 0 Å². The predicted octanol–water partition coefficient (Wildman–Crippen LogP) is 0.336. The van der Waals surface area contributed by atoms with Gasteiger partial charge in [0.1, 0.15) is 6.04 Å². The Balaban J connectivity index is 4.75. The van der Waals surface area contributed by atoms with Crippen LogP contribution in [0.25, 0.3) is 0 Å². The molecule has 0 saturated carbocycles. The third-order valence-corrected chi connectivity index (χ3v) is 2.54. The summed E-state index contributed by atoms with van der Waals surface area (Å²) < 4.78 is 4.38. The van der Waals surface area contributed by atoms with Crippen molar-refractivity contribution in [1.82, 2.24) is 10.2 Å². The van der Waals surface area contributed by atoms with Crippen LogP contribution >= 0.6 is 0 Å². The molecule has 0 aliphatic heterocycles. The van der Waals surface area contributed by atoms with Crippen molar-refractivity contribution in [3.63, 3.8) is 0 Å². The number of esters is 1. The quantitative estimate of drug-likeness (QED) is 0.651. The Morgan fingerprint density at radius 2 is 2.00 bits per heavy atom. The Kier molecular flexibility index (Phi) is 7.74. The zero-order valence-electron chi connectivity index (χ0n) is 11.8. The van der Waals surface area contributed by atoms with Crippen LogP contribution in [-0.2, 0) is 14.3 Å². The van der Waals surface area contributed by atoms with Gasteiger partial charge in [0.25, 0.3) is 0 Å². The van der Waals surface area contributed by atoms with Crippen molar-refractivity contribution in [3.05, 3.63) is 0 Å². The Labute approximate surface area is 117 Å². The van der Waals surface area contributed by atoms with E-state index in [9.17, 15) is 14.4 Å². The highest BCUT2D eigenvalue weighted by molar-refractivity contribution is 5.86. The summed E-state index contributed by atoms with van der Waals surface area (Å²) in [5, 5.41) is 19.8.